The lowest BCUT2D eigenvalue weighted by molar-refractivity contribution is -0.0379. The number of ether oxygens (including phenoxy) is 2. The molecule has 0 bridgehead atoms. The van der Waals surface area contributed by atoms with Crippen LogP contribution in [0.2, 0.25) is 5.02 Å². The summed E-state index contributed by atoms with van der Waals surface area (Å²) < 4.78 is 11.5. The van der Waals surface area contributed by atoms with Crippen LogP contribution in [-0.2, 0) is 15.1 Å². The smallest absolute Gasteiger partial charge is 0.205 e. The van der Waals surface area contributed by atoms with E-state index in [2.05, 4.69) is 54.6 Å². The Hall–Kier alpha value is -3.37. The van der Waals surface area contributed by atoms with Crippen molar-refractivity contribution in [3.8, 4) is 17.3 Å². The van der Waals surface area contributed by atoms with Crippen molar-refractivity contribution in [1.82, 2.24) is 35.9 Å². The van der Waals surface area contributed by atoms with E-state index in [4.69, 9.17) is 26.1 Å². The van der Waals surface area contributed by atoms with E-state index in [0.717, 1.165) is 42.8 Å². The van der Waals surface area contributed by atoms with E-state index in [9.17, 15) is 5.26 Å². The fourth-order valence-electron chi connectivity index (χ4n) is 5.63. The zero-order valence-electron chi connectivity index (χ0n) is 25.1. The number of nitriles is 1. The monoisotopic (exact) mass is 608 g/mol. The van der Waals surface area contributed by atoms with Gasteiger partial charge in [-0.3, -0.25) is 0 Å². The Bertz CT molecular complexity index is 1370. The zero-order valence-corrected chi connectivity index (χ0v) is 25.8. The number of nitrogens with one attached hydrogen (secondary N) is 4. The van der Waals surface area contributed by atoms with E-state index < -0.39 is 11.0 Å². The van der Waals surface area contributed by atoms with Crippen molar-refractivity contribution in [3.63, 3.8) is 0 Å². The Balaban J connectivity index is 1.12. The maximum absolute atomic E-state index is 9.77. The molecule has 230 valence electrons. The SMILES string of the molecule is CC(COC(C)(C)c1nn[nH]n1)N[C@H]1CC[C@H](Nc2cc(-c3cccc(NCC4(C#N)CCOCC4)n3)c(Cl)cn2)CC1. The predicted octanol–water partition coefficient (Wildman–Crippen LogP) is 4.70. The number of hydrogen-bond donors (Lipinski definition) is 4. The van der Waals surface area contributed by atoms with Gasteiger partial charge in [-0.2, -0.15) is 10.5 Å². The third-order valence-electron chi connectivity index (χ3n) is 8.35. The lowest BCUT2D eigenvalue weighted by Gasteiger charge is -2.32. The van der Waals surface area contributed by atoms with Gasteiger partial charge in [-0.15, -0.1) is 10.2 Å². The lowest BCUT2D eigenvalue weighted by atomic mass is 9.82. The van der Waals surface area contributed by atoms with E-state index in [1.54, 1.807) is 6.20 Å². The van der Waals surface area contributed by atoms with Crippen LogP contribution < -0.4 is 16.0 Å². The highest BCUT2D eigenvalue weighted by Crippen LogP contribution is 2.32. The second kappa shape index (κ2) is 13.9. The molecule has 2 fully saturated rings. The normalized spacial score (nSPS) is 21.1. The zero-order chi connectivity index (χ0) is 30.3. The van der Waals surface area contributed by atoms with Crippen LogP contribution in [0.15, 0.2) is 30.5 Å². The van der Waals surface area contributed by atoms with Crippen molar-refractivity contribution in [2.24, 2.45) is 5.41 Å². The van der Waals surface area contributed by atoms with Gasteiger partial charge in [-0.25, -0.2) is 9.97 Å². The van der Waals surface area contributed by atoms with Crippen molar-refractivity contribution in [2.45, 2.75) is 83.0 Å². The van der Waals surface area contributed by atoms with Gasteiger partial charge in [0, 0.05) is 49.6 Å². The Morgan fingerprint density at radius 3 is 2.67 bits per heavy atom. The molecule has 1 atom stereocenters. The molecule has 0 radical (unpaired) electrons. The average Bonchev–Trinajstić information content (AvgIpc) is 3.58. The molecule has 1 saturated heterocycles. The quantitative estimate of drug-likeness (QED) is 0.226. The third-order valence-corrected chi connectivity index (χ3v) is 8.65. The van der Waals surface area contributed by atoms with E-state index in [1.807, 2.05) is 38.1 Å². The molecule has 4 heterocycles. The molecule has 2 aliphatic rings. The number of H-pyrrole nitrogens is 1. The molecule has 0 spiro atoms. The molecule has 12 nitrogen and oxygen atoms in total. The van der Waals surface area contributed by atoms with Crippen LogP contribution in [0.1, 0.15) is 65.1 Å². The second-order valence-corrected chi connectivity index (χ2v) is 12.5. The van der Waals surface area contributed by atoms with E-state index in [0.29, 0.717) is 68.0 Å². The molecule has 4 N–H and O–H groups in total. The van der Waals surface area contributed by atoms with Crippen molar-refractivity contribution in [2.75, 3.05) is 37.0 Å². The molecule has 3 aromatic heterocycles. The number of hydrogen-bond acceptors (Lipinski definition) is 11. The number of pyridine rings is 2. The van der Waals surface area contributed by atoms with Crippen LogP contribution in [0.5, 0.6) is 0 Å². The number of aromatic amines is 1. The molecule has 1 aliphatic carbocycles. The minimum absolute atomic E-state index is 0.195. The molecule has 0 amide bonds. The summed E-state index contributed by atoms with van der Waals surface area (Å²) in [6, 6.07) is 11.2. The van der Waals surface area contributed by atoms with Crippen LogP contribution in [-0.4, -0.2) is 75.1 Å². The summed E-state index contributed by atoms with van der Waals surface area (Å²) in [7, 11) is 0. The van der Waals surface area contributed by atoms with Crippen molar-refractivity contribution >= 4 is 23.2 Å². The van der Waals surface area contributed by atoms with E-state index >= 15 is 0 Å². The summed E-state index contributed by atoms with van der Waals surface area (Å²) in [4.78, 5) is 9.35. The summed E-state index contributed by atoms with van der Waals surface area (Å²) in [6.07, 6.45) is 7.29. The van der Waals surface area contributed by atoms with E-state index in [-0.39, 0.29) is 6.04 Å². The van der Waals surface area contributed by atoms with Gasteiger partial charge in [0.2, 0.25) is 5.82 Å². The molecule has 0 aromatic carbocycles. The number of halogens is 1. The standard InChI is InChI=1S/C30H41ClN10O2/c1-20(17-43-29(2,3)28-38-40-41-39-28)35-21-7-9-22(10-8-21)36-27-15-23(24(31)16-33-27)25-5-4-6-26(37-25)34-19-30(18-32)11-13-42-14-12-30/h4-6,15-16,20-22,35H,7-14,17,19H2,1-3H3,(H,33,36)(H,34,37)(H,38,39,40,41)/t20?,21-,22-. The van der Waals surface area contributed by atoms with Gasteiger partial charge < -0.3 is 25.4 Å². The molecule has 5 rings (SSSR count). The topological polar surface area (TPSA) is 159 Å². The molecule has 1 aliphatic heterocycles. The van der Waals surface area contributed by atoms with Crippen LogP contribution in [0, 0.1) is 16.7 Å². The Labute approximate surface area is 257 Å². The maximum Gasteiger partial charge on any atom is 0.205 e. The van der Waals surface area contributed by atoms with Gasteiger partial charge in [0.15, 0.2) is 0 Å². The van der Waals surface area contributed by atoms with Crippen LogP contribution in [0.25, 0.3) is 11.3 Å². The number of anilines is 2. The number of tetrazole rings is 1. The maximum atomic E-state index is 9.77. The Kier molecular flexibility index (Phi) is 10.1. The number of rotatable bonds is 12. The van der Waals surface area contributed by atoms with Crippen molar-refractivity contribution in [1.29, 1.82) is 5.26 Å². The number of aromatic nitrogens is 6. The van der Waals surface area contributed by atoms with Gasteiger partial charge in [-0.1, -0.05) is 22.9 Å². The predicted molar refractivity (Wildman–Crippen MR) is 164 cm³/mol. The first kappa shape index (κ1) is 31.1. The first-order valence-electron chi connectivity index (χ1n) is 15.0. The summed E-state index contributed by atoms with van der Waals surface area (Å²) in [5.41, 5.74) is 0.531. The van der Waals surface area contributed by atoms with Crippen molar-refractivity contribution < 1.29 is 9.47 Å². The van der Waals surface area contributed by atoms with Gasteiger partial charge in [0.25, 0.3) is 0 Å². The molecule has 43 heavy (non-hydrogen) atoms. The summed E-state index contributed by atoms with van der Waals surface area (Å²) in [6.45, 7) is 8.33. The molecular formula is C30H41ClN10O2. The summed E-state index contributed by atoms with van der Waals surface area (Å²) in [5, 5.41) is 35.2. The highest BCUT2D eigenvalue weighted by molar-refractivity contribution is 6.33. The van der Waals surface area contributed by atoms with Crippen LogP contribution in [0.4, 0.5) is 11.6 Å². The highest BCUT2D eigenvalue weighted by Gasteiger charge is 2.33. The van der Waals surface area contributed by atoms with Gasteiger partial charge in [0.05, 0.1) is 28.8 Å². The van der Waals surface area contributed by atoms with Gasteiger partial charge >= 0.3 is 0 Å². The van der Waals surface area contributed by atoms with Crippen LogP contribution in [0.3, 0.4) is 0 Å². The summed E-state index contributed by atoms with van der Waals surface area (Å²) in [5.74, 6) is 2.04. The van der Waals surface area contributed by atoms with Crippen molar-refractivity contribution in [3.05, 3.63) is 41.3 Å². The highest BCUT2D eigenvalue weighted by atomic mass is 35.5. The van der Waals surface area contributed by atoms with Gasteiger partial charge in [-0.05, 0) is 77.5 Å². The first-order chi connectivity index (χ1) is 20.7. The molecule has 1 saturated carbocycles. The fraction of sp³-hybridized carbons (Fsp3) is 0.600. The minimum atomic E-state index is -0.604. The molecule has 13 heteroatoms. The Morgan fingerprint density at radius 2 is 1.95 bits per heavy atom. The minimum Gasteiger partial charge on any atom is -0.381 e. The van der Waals surface area contributed by atoms with E-state index in [1.165, 1.54) is 0 Å². The first-order valence-corrected chi connectivity index (χ1v) is 15.4. The summed E-state index contributed by atoms with van der Waals surface area (Å²) >= 11 is 6.58. The van der Waals surface area contributed by atoms with Crippen LogP contribution >= 0.6 is 11.6 Å². The Morgan fingerprint density at radius 1 is 1.19 bits per heavy atom. The molecule has 3 aromatic rings. The fourth-order valence-corrected chi connectivity index (χ4v) is 5.83. The lowest BCUT2D eigenvalue weighted by Crippen LogP contribution is -2.44. The second-order valence-electron chi connectivity index (χ2n) is 12.1. The number of nitrogens with zero attached hydrogens (tertiary/aromatic N) is 6. The molecule has 1 unspecified atom stereocenters. The average molecular weight is 609 g/mol. The molecular weight excluding hydrogens is 568 g/mol. The largest absolute Gasteiger partial charge is 0.381 e. The van der Waals surface area contributed by atoms with Gasteiger partial charge in [0.1, 0.15) is 17.2 Å². The third kappa shape index (κ3) is 8.17.